The van der Waals surface area contributed by atoms with Gasteiger partial charge in [0.25, 0.3) is 0 Å². The second-order valence-electron chi connectivity index (χ2n) is 7.27. The highest BCUT2D eigenvalue weighted by Gasteiger charge is 2.26. The third kappa shape index (κ3) is 5.52. The summed E-state index contributed by atoms with van der Waals surface area (Å²) in [6.45, 7) is 7.72. The number of carbonyl (C=O) groups is 1. The zero-order valence-electron chi connectivity index (χ0n) is 16.9. The number of aromatic nitrogens is 2. The van der Waals surface area contributed by atoms with Crippen molar-refractivity contribution in [1.82, 2.24) is 15.5 Å². The predicted molar refractivity (Wildman–Crippen MR) is 111 cm³/mol. The van der Waals surface area contributed by atoms with Crippen LogP contribution < -0.4 is 10.2 Å². The molecule has 28 heavy (non-hydrogen) atoms. The first-order valence-electron chi connectivity index (χ1n) is 10.2. The maximum absolute atomic E-state index is 12.5. The van der Waals surface area contributed by atoms with Gasteiger partial charge in [-0.05, 0) is 51.3 Å². The fraction of sp³-hybridized carbons (Fsp3) is 0.500. The minimum absolute atomic E-state index is 0.000840. The first-order valence-corrected chi connectivity index (χ1v) is 10.2. The number of aryl methyl sites for hydroxylation is 1. The highest BCUT2D eigenvalue weighted by molar-refractivity contribution is 5.79. The zero-order chi connectivity index (χ0) is 19.8. The van der Waals surface area contributed by atoms with E-state index in [1.807, 2.05) is 31.2 Å². The monoisotopic (exact) mass is 382 g/mol. The maximum Gasteiger partial charge on any atom is 0.224 e. The van der Waals surface area contributed by atoms with Crippen LogP contribution in [0.15, 0.2) is 36.4 Å². The maximum atomic E-state index is 12.5. The van der Waals surface area contributed by atoms with E-state index < -0.39 is 0 Å². The van der Waals surface area contributed by atoms with Crippen molar-refractivity contribution < 1.29 is 9.53 Å². The molecule has 1 N–H and O–H groups in total. The molecule has 3 rings (SSSR count). The molecule has 1 aliphatic heterocycles. The van der Waals surface area contributed by atoms with Gasteiger partial charge in [-0.25, -0.2) is 0 Å². The number of hydrogen-bond acceptors (Lipinski definition) is 5. The molecule has 1 aromatic carbocycles. The minimum atomic E-state index is -0.000840. The average molecular weight is 383 g/mol. The number of benzene rings is 1. The number of ether oxygens (including phenoxy) is 1. The summed E-state index contributed by atoms with van der Waals surface area (Å²) in [5, 5.41) is 11.9. The number of nitrogens with zero attached hydrogens (tertiary/aromatic N) is 3. The van der Waals surface area contributed by atoms with E-state index >= 15 is 0 Å². The molecule has 0 unspecified atom stereocenters. The first kappa shape index (κ1) is 20.3. The molecular weight excluding hydrogens is 352 g/mol. The molecule has 0 radical (unpaired) electrons. The predicted octanol–water partition coefficient (Wildman–Crippen LogP) is 3.21. The lowest BCUT2D eigenvalue weighted by Crippen LogP contribution is -2.43. The third-order valence-corrected chi connectivity index (χ3v) is 5.05. The Morgan fingerprint density at radius 2 is 2.18 bits per heavy atom. The van der Waals surface area contributed by atoms with Crippen molar-refractivity contribution in [3.05, 3.63) is 42.0 Å². The van der Waals surface area contributed by atoms with Gasteiger partial charge in [0, 0.05) is 38.4 Å². The summed E-state index contributed by atoms with van der Waals surface area (Å²) >= 11 is 0. The van der Waals surface area contributed by atoms with Crippen molar-refractivity contribution in [3.63, 3.8) is 0 Å². The SMILES string of the molecule is CCOCCCNC(=O)[C@@H]1CCCN(c2ccc(-c3cccc(C)c3)nn2)C1. The number of anilines is 1. The summed E-state index contributed by atoms with van der Waals surface area (Å²) in [6.07, 6.45) is 2.75. The van der Waals surface area contributed by atoms with E-state index in [1.165, 1.54) is 5.56 Å². The van der Waals surface area contributed by atoms with Crippen LogP contribution in [0.25, 0.3) is 11.3 Å². The van der Waals surface area contributed by atoms with Crippen LogP contribution >= 0.6 is 0 Å². The molecule has 0 bridgehead atoms. The van der Waals surface area contributed by atoms with Crippen molar-refractivity contribution in [2.45, 2.75) is 33.1 Å². The Kier molecular flexibility index (Phi) is 7.37. The van der Waals surface area contributed by atoms with Gasteiger partial charge < -0.3 is 15.0 Å². The van der Waals surface area contributed by atoms with Crippen LogP contribution in [0.5, 0.6) is 0 Å². The summed E-state index contributed by atoms with van der Waals surface area (Å²) < 4.78 is 5.31. The number of hydrogen-bond donors (Lipinski definition) is 1. The fourth-order valence-electron chi connectivity index (χ4n) is 3.53. The number of nitrogens with one attached hydrogen (secondary N) is 1. The Morgan fingerprint density at radius 1 is 1.29 bits per heavy atom. The van der Waals surface area contributed by atoms with Crippen LogP contribution in [0, 0.1) is 12.8 Å². The van der Waals surface area contributed by atoms with Crippen LogP contribution in [-0.4, -0.2) is 49.0 Å². The molecule has 1 atom stereocenters. The summed E-state index contributed by atoms with van der Waals surface area (Å²) in [5.41, 5.74) is 3.14. The Balaban J connectivity index is 1.55. The molecule has 150 valence electrons. The van der Waals surface area contributed by atoms with Crippen molar-refractivity contribution in [2.75, 3.05) is 37.7 Å². The molecule has 1 fully saturated rings. The van der Waals surface area contributed by atoms with Gasteiger partial charge in [-0.2, -0.15) is 0 Å². The Hall–Kier alpha value is -2.47. The lowest BCUT2D eigenvalue weighted by Gasteiger charge is -2.32. The summed E-state index contributed by atoms with van der Waals surface area (Å²) in [7, 11) is 0. The van der Waals surface area contributed by atoms with E-state index in [-0.39, 0.29) is 11.8 Å². The fourth-order valence-corrected chi connectivity index (χ4v) is 3.53. The molecule has 0 saturated carbocycles. The molecule has 1 aromatic heterocycles. The van der Waals surface area contributed by atoms with Crippen molar-refractivity contribution >= 4 is 11.7 Å². The van der Waals surface area contributed by atoms with E-state index in [1.54, 1.807) is 0 Å². The highest BCUT2D eigenvalue weighted by atomic mass is 16.5. The lowest BCUT2D eigenvalue weighted by atomic mass is 9.97. The Labute approximate surface area is 167 Å². The topological polar surface area (TPSA) is 67.3 Å². The molecule has 1 amide bonds. The van der Waals surface area contributed by atoms with Gasteiger partial charge >= 0.3 is 0 Å². The van der Waals surface area contributed by atoms with E-state index in [9.17, 15) is 4.79 Å². The first-order chi connectivity index (χ1) is 13.7. The third-order valence-electron chi connectivity index (χ3n) is 5.05. The Morgan fingerprint density at radius 3 is 2.93 bits per heavy atom. The smallest absolute Gasteiger partial charge is 0.224 e. The van der Waals surface area contributed by atoms with Gasteiger partial charge in [0.1, 0.15) is 0 Å². The molecule has 2 heterocycles. The summed E-state index contributed by atoms with van der Waals surface area (Å²) in [4.78, 5) is 14.6. The molecule has 2 aromatic rings. The van der Waals surface area contributed by atoms with Gasteiger partial charge in [-0.15, -0.1) is 10.2 Å². The normalized spacial score (nSPS) is 16.8. The van der Waals surface area contributed by atoms with Crippen molar-refractivity contribution in [3.8, 4) is 11.3 Å². The quantitative estimate of drug-likeness (QED) is 0.710. The highest BCUT2D eigenvalue weighted by Crippen LogP contribution is 2.23. The number of carbonyl (C=O) groups excluding carboxylic acids is 1. The standard InChI is InChI=1S/C22H30N4O2/c1-3-28-14-6-12-23-22(27)19-9-5-13-26(16-19)21-11-10-20(24-25-21)18-8-4-7-17(2)15-18/h4,7-8,10-11,15,19H,3,5-6,9,12-14,16H2,1-2H3,(H,23,27)/t19-/m1/s1. The van der Waals surface area contributed by atoms with Crippen LogP contribution in [-0.2, 0) is 9.53 Å². The van der Waals surface area contributed by atoms with Crippen molar-refractivity contribution in [2.24, 2.45) is 5.92 Å². The van der Waals surface area contributed by atoms with E-state index in [2.05, 4.69) is 39.5 Å². The molecule has 1 saturated heterocycles. The minimum Gasteiger partial charge on any atom is -0.382 e. The molecule has 6 nitrogen and oxygen atoms in total. The summed E-state index contributed by atoms with van der Waals surface area (Å²) in [6, 6.07) is 12.3. The van der Waals surface area contributed by atoms with Crippen molar-refractivity contribution in [1.29, 1.82) is 0 Å². The van der Waals surface area contributed by atoms with Gasteiger partial charge in [0.05, 0.1) is 11.6 Å². The molecule has 6 heteroatoms. The van der Waals surface area contributed by atoms with E-state index in [0.717, 1.165) is 49.5 Å². The van der Waals surface area contributed by atoms with Crippen LogP contribution in [0.3, 0.4) is 0 Å². The lowest BCUT2D eigenvalue weighted by molar-refractivity contribution is -0.125. The zero-order valence-corrected chi connectivity index (χ0v) is 16.9. The van der Waals surface area contributed by atoms with Gasteiger partial charge in [0.2, 0.25) is 5.91 Å². The number of amides is 1. The molecular formula is C22H30N4O2. The number of piperidine rings is 1. The second-order valence-corrected chi connectivity index (χ2v) is 7.27. The summed E-state index contributed by atoms with van der Waals surface area (Å²) in [5.74, 6) is 0.967. The Bertz CT molecular complexity index is 763. The van der Waals surface area contributed by atoms with Crippen LogP contribution in [0.1, 0.15) is 31.7 Å². The second kappa shape index (κ2) is 10.2. The molecule has 0 aliphatic carbocycles. The molecule has 1 aliphatic rings. The average Bonchev–Trinajstić information content (AvgIpc) is 2.74. The van der Waals surface area contributed by atoms with E-state index in [0.29, 0.717) is 19.7 Å². The van der Waals surface area contributed by atoms with Gasteiger partial charge in [-0.3, -0.25) is 4.79 Å². The molecule has 0 spiro atoms. The van der Waals surface area contributed by atoms with E-state index in [4.69, 9.17) is 4.74 Å². The van der Waals surface area contributed by atoms with Crippen LogP contribution in [0.2, 0.25) is 0 Å². The van der Waals surface area contributed by atoms with Crippen LogP contribution in [0.4, 0.5) is 5.82 Å². The van der Waals surface area contributed by atoms with Gasteiger partial charge in [0.15, 0.2) is 5.82 Å². The largest absolute Gasteiger partial charge is 0.382 e. The van der Waals surface area contributed by atoms with Gasteiger partial charge in [-0.1, -0.05) is 23.8 Å². The number of rotatable bonds is 8.